The molecule has 1 aliphatic rings. The van der Waals surface area contributed by atoms with Crippen molar-refractivity contribution in [1.29, 1.82) is 0 Å². The Bertz CT molecular complexity index is 1070. The van der Waals surface area contributed by atoms with Gasteiger partial charge in [-0.2, -0.15) is 0 Å². The van der Waals surface area contributed by atoms with Gasteiger partial charge in [-0.05, 0) is 43.2 Å². The van der Waals surface area contributed by atoms with Crippen LogP contribution < -0.4 is 15.5 Å². The molecule has 1 aromatic heterocycles. The summed E-state index contributed by atoms with van der Waals surface area (Å²) in [5, 5.41) is 8.86. The van der Waals surface area contributed by atoms with Gasteiger partial charge < -0.3 is 15.5 Å². The molecule has 1 fully saturated rings. The molecule has 32 heavy (non-hydrogen) atoms. The molecule has 4 rings (SSSR count). The molecule has 0 aliphatic carbocycles. The van der Waals surface area contributed by atoms with Crippen LogP contribution in [0.25, 0.3) is 0 Å². The molecule has 2 amide bonds. The Labute approximate surface area is 192 Å². The Morgan fingerprint density at radius 1 is 1.03 bits per heavy atom. The van der Waals surface area contributed by atoms with Gasteiger partial charge in [0.25, 0.3) is 5.91 Å². The standard InChI is InChI=1S/C24H27N5O2S/c1-18-6-4-7-19(16-18)26-23(31)20-8-2-3-9-21(20)27-22(30)17-28-11-5-12-29(14-13-28)24-25-10-15-32-24/h2-4,6-10,15-16H,5,11-14,17H2,1H3,(H,26,31)(H,27,30). The average Bonchev–Trinajstić information content (AvgIpc) is 3.21. The van der Waals surface area contributed by atoms with Gasteiger partial charge in [0.05, 0.1) is 17.8 Å². The number of nitrogens with one attached hydrogen (secondary N) is 2. The number of hydrogen-bond acceptors (Lipinski definition) is 6. The highest BCUT2D eigenvalue weighted by molar-refractivity contribution is 7.13. The number of amides is 2. The topological polar surface area (TPSA) is 77.6 Å². The second kappa shape index (κ2) is 10.4. The zero-order chi connectivity index (χ0) is 22.3. The minimum atomic E-state index is -0.250. The third kappa shape index (κ3) is 5.72. The van der Waals surface area contributed by atoms with Crippen LogP contribution in [0.5, 0.6) is 0 Å². The van der Waals surface area contributed by atoms with Gasteiger partial charge in [0.15, 0.2) is 5.13 Å². The molecule has 0 radical (unpaired) electrons. The number of para-hydroxylation sites is 1. The van der Waals surface area contributed by atoms with Crippen LogP contribution in [0.4, 0.5) is 16.5 Å². The number of benzene rings is 2. The molecule has 0 atom stereocenters. The highest BCUT2D eigenvalue weighted by Gasteiger charge is 2.20. The van der Waals surface area contributed by atoms with Crippen molar-refractivity contribution < 1.29 is 9.59 Å². The van der Waals surface area contributed by atoms with E-state index in [1.54, 1.807) is 29.5 Å². The summed E-state index contributed by atoms with van der Waals surface area (Å²) in [5.74, 6) is -0.371. The Morgan fingerprint density at radius 3 is 2.72 bits per heavy atom. The SMILES string of the molecule is Cc1cccc(NC(=O)c2ccccc2NC(=O)CN2CCCN(c3nccs3)CC2)c1. The van der Waals surface area contributed by atoms with Crippen LogP contribution in [0.3, 0.4) is 0 Å². The van der Waals surface area contributed by atoms with E-state index in [1.165, 1.54) is 0 Å². The second-order valence-corrected chi connectivity index (χ2v) is 8.72. The van der Waals surface area contributed by atoms with Crippen molar-refractivity contribution in [2.75, 3.05) is 48.3 Å². The number of carbonyl (C=O) groups is 2. The smallest absolute Gasteiger partial charge is 0.257 e. The van der Waals surface area contributed by atoms with E-state index < -0.39 is 0 Å². The van der Waals surface area contributed by atoms with Crippen molar-refractivity contribution in [2.24, 2.45) is 0 Å². The molecule has 2 heterocycles. The molecule has 3 aromatic rings. The molecular formula is C24H27N5O2S. The minimum absolute atomic E-state index is 0.122. The molecule has 166 valence electrons. The maximum atomic E-state index is 12.8. The van der Waals surface area contributed by atoms with E-state index in [0.717, 1.165) is 49.0 Å². The van der Waals surface area contributed by atoms with E-state index in [9.17, 15) is 9.59 Å². The summed E-state index contributed by atoms with van der Waals surface area (Å²) in [4.78, 5) is 34.4. The average molecular weight is 450 g/mol. The van der Waals surface area contributed by atoms with E-state index in [2.05, 4.69) is 25.4 Å². The largest absolute Gasteiger partial charge is 0.347 e. The monoisotopic (exact) mass is 449 g/mol. The summed E-state index contributed by atoms with van der Waals surface area (Å²) in [6.07, 6.45) is 2.80. The number of anilines is 3. The maximum absolute atomic E-state index is 12.8. The Balaban J connectivity index is 1.36. The zero-order valence-corrected chi connectivity index (χ0v) is 18.9. The van der Waals surface area contributed by atoms with E-state index in [0.29, 0.717) is 17.8 Å². The number of aromatic nitrogens is 1. The summed E-state index contributed by atoms with van der Waals surface area (Å²) < 4.78 is 0. The normalized spacial score (nSPS) is 14.6. The molecular weight excluding hydrogens is 422 g/mol. The van der Waals surface area contributed by atoms with Crippen molar-refractivity contribution in [3.8, 4) is 0 Å². The fraction of sp³-hybridized carbons (Fsp3) is 0.292. The van der Waals surface area contributed by atoms with E-state index >= 15 is 0 Å². The van der Waals surface area contributed by atoms with Crippen molar-refractivity contribution in [1.82, 2.24) is 9.88 Å². The quantitative estimate of drug-likeness (QED) is 0.598. The van der Waals surface area contributed by atoms with Crippen molar-refractivity contribution >= 4 is 39.7 Å². The Morgan fingerprint density at radius 2 is 1.91 bits per heavy atom. The van der Waals surface area contributed by atoms with Crippen LogP contribution in [0.15, 0.2) is 60.1 Å². The molecule has 0 saturated carbocycles. The molecule has 1 aliphatic heterocycles. The molecule has 1 saturated heterocycles. The van der Waals surface area contributed by atoms with Gasteiger partial charge in [-0.15, -0.1) is 11.3 Å². The van der Waals surface area contributed by atoms with Gasteiger partial charge in [-0.25, -0.2) is 4.98 Å². The minimum Gasteiger partial charge on any atom is -0.347 e. The maximum Gasteiger partial charge on any atom is 0.257 e. The molecule has 7 nitrogen and oxygen atoms in total. The third-order valence-corrected chi connectivity index (χ3v) is 6.20. The number of nitrogens with zero attached hydrogens (tertiary/aromatic N) is 3. The van der Waals surface area contributed by atoms with Gasteiger partial charge in [0.2, 0.25) is 5.91 Å². The summed E-state index contributed by atoms with van der Waals surface area (Å²) in [6, 6.07) is 14.7. The van der Waals surface area contributed by atoms with Crippen LogP contribution in [0.1, 0.15) is 22.3 Å². The fourth-order valence-corrected chi connectivity index (χ4v) is 4.49. The fourth-order valence-electron chi connectivity index (χ4n) is 3.80. The first kappa shape index (κ1) is 22.0. The molecule has 0 bridgehead atoms. The van der Waals surface area contributed by atoms with E-state index in [4.69, 9.17) is 0 Å². The summed E-state index contributed by atoms with van der Waals surface area (Å²) >= 11 is 1.64. The lowest BCUT2D eigenvalue weighted by atomic mass is 10.1. The number of carbonyl (C=O) groups excluding carboxylic acids is 2. The summed E-state index contributed by atoms with van der Waals surface area (Å²) in [5.41, 5.74) is 2.75. The molecule has 2 aromatic carbocycles. The predicted molar refractivity (Wildman–Crippen MR) is 130 cm³/mol. The second-order valence-electron chi connectivity index (χ2n) is 7.85. The first-order chi connectivity index (χ1) is 15.6. The first-order valence-electron chi connectivity index (χ1n) is 10.7. The number of aryl methyl sites for hydroxylation is 1. The van der Waals surface area contributed by atoms with Crippen LogP contribution in [0.2, 0.25) is 0 Å². The van der Waals surface area contributed by atoms with Crippen LogP contribution in [-0.2, 0) is 4.79 Å². The third-order valence-electron chi connectivity index (χ3n) is 5.37. The van der Waals surface area contributed by atoms with Gasteiger partial charge in [-0.1, -0.05) is 24.3 Å². The van der Waals surface area contributed by atoms with Crippen LogP contribution in [0, 0.1) is 6.92 Å². The van der Waals surface area contributed by atoms with E-state index in [1.807, 2.05) is 48.8 Å². The molecule has 0 spiro atoms. The van der Waals surface area contributed by atoms with Gasteiger partial charge in [0, 0.05) is 43.4 Å². The van der Waals surface area contributed by atoms with Crippen LogP contribution >= 0.6 is 11.3 Å². The molecule has 0 unspecified atom stereocenters. The van der Waals surface area contributed by atoms with Gasteiger partial charge in [-0.3, -0.25) is 14.5 Å². The lowest BCUT2D eigenvalue weighted by Crippen LogP contribution is -2.36. The first-order valence-corrected chi connectivity index (χ1v) is 11.6. The van der Waals surface area contributed by atoms with Crippen molar-refractivity contribution in [3.05, 3.63) is 71.2 Å². The Hall–Kier alpha value is -3.23. The lowest BCUT2D eigenvalue weighted by Gasteiger charge is -2.21. The zero-order valence-electron chi connectivity index (χ0n) is 18.1. The summed E-state index contributed by atoms with van der Waals surface area (Å²) in [7, 11) is 0. The lowest BCUT2D eigenvalue weighted by molar-refractivity contribution is -0.117. The highest BCUT2D eigenvalue weighted by Crippen LogP contribution is 2.20. The predicted octanol–water partition coefficient (Wildman–Crippen LogP) is 3.85. The number of thiazole rings is 1. The van der Waals surface area contributed by atoms with E-state index in [-0.39, 0.29) is 11.8 Å². The highest BCUT2D eigenvalue weighted by atomic mass is 32.1. The van der Waals surface area contributed by atoms with Gasteiger partial charge >= 0.3 is 0 Å². The molecule has 2 N–H and O–H groups in total. The van der Waals surface area contributed by atoms with Gasteiger partial charge in [0.1, 0.15) is 0 Å². The van der Waals surface area contributed by atoms with Crippen molar-refractivity contribution in [2.45, 2.75) is 13.3 Å². The summed E-state index contributed by atoms with van der Waals surface area (Å²) in [6.45, 7) is 5.69. The van der Waals surface area contributed by atoms with Crippen molar-refractivity contribution in [3.63, 3.8) is 0 Å². The number of hydrogen-bond donors (Lipinski definition) is 2. The Kier molecular flexibility index (Phi) is 7.14. The molecule has 8 heteroatoms. The number of rotatable bonds is 6. The van der Waals surface area contributed by atoms with Crippen LogP contribution in [-0.4, -0.2) is 54.4 Å².